The minimum absolute atomic E-state index is 0.0423. The van der Waals surface area contributed by atoms with Gasteiger partial charge >= 0.3 is 0 Å². The van der Waals surface area contributed by atoms with Crippen molar-refractivity contribution in [2.75, 3.05) is 5.88 Å². The maximum atomic E-state index is 5.95. The van der Waals surface area contributed by atoms with Gasteiger partial charge in [0, 0.05) is 5.88 Å². The van der Waals surface area contributed by atoms with Crippen LogP contribution >= 0.6 is 34.8 Å². The zero-order valence-electron chi connectivity index (χ0n) is 6.82. The fraction of sp³-hybridized carbons (Fsp3) is 1.00. The molecule has 0 fully saturated rings. The molecular formula is C8H15Cl3. The molecule has 2 atom stereocenters. The lowest BCUT2D eigenvalue weighted by Gasteiger charge is -2.12. The molecule has 0 aliphatic carbocycles. The lowest BCUT2D eigenvalue weighted by molar-refractivity contribution is 0.635. The summed E-state index contributed by atoms with van der Waals surface area (Å²) in [6.07, 6.45) is 4.59. The van der Waals surface area contributed by atoms with Crippen molar-refractivity contribution in [1.29, 1.82) is 0 Å². The Hall–Kier alpha value is 0.870. The van der Waals surface area contributed by atoms with Gasteiger partial charge in [0.05, 0.1) is 10.8 Å². The van der Waals surface area contributed by atoms with Gasteiger partial charge in [-0.1, -0.05) is 26.2 Å². The largest absolute Gasteiger partial charge is 0.125 e. The topological polar surface area (TPSA) is 0 Å². The fourth-order valence-electron chi connectivity index (χ4n) is 0.867. The molecule has 0 aliphatic rings. The van der Waals surface area contributed by atoms with Gasteiger partial charge in [0.15, 0.2) is 0 Å². The summed E-state index contributed by atoms with van der Waals surface area (Å²) in [6, 6.07) is 0. The molecule has 0 radical (unpaired) electrons. The Morgan fingerprint density at radius 1 is 1.09 bits per heavy atom. The molecule has 0 aromatic heterocycles. The van der Waals surface area contributed by atoms with Crippen LogP contribution < -0.4 is 0 Å². The Morgan fingerprint density at radius 2 is 1.73 bits per heavy atom. The van der Waals surface area contributed by atoms with Crippen molar-refractivity contribution in [3.8, 4) is 0 Å². The standard InChI is InChI=1S/C8H15Cl3/c1-2-3-4-5-7(10)8(11)6-9/h7-8H,2-6H2,1H3. The number of alkyl halides is 3. The molecule has 0 bridgehead atoms. The van der Waals surface area contributed by atoms with Gasteiger partial charge < -0.3 is 0 Å². The third-order valence-corrected chi connectivity index (χ3v) is 3.22. The van der Waals surface area contributed by atoms with Gasteiger partial charge in [-0.25, -0.2) is 0 Å². The van der Waals surface area contributed by atoms with Crippen molar-refractivity contribution in [3.63, 3.8) is 0 Å². The van der Waals surface area contributed by atoms with Crippen molar-refractivity contribution < 1.29 is 0 Å². The van der Waals surface area contributed by atoms with Gasteiger partial charge in [0.25, 0.3) is 0 Å². The Kier molecular flexibility index (Phi) is 8.11. The molecule has 0 aromatic carbocycles. The first-order valence-corrected chi connectivity index (χ1v) is 5.47. The fourth-order valence-corrected chi connectivity index (χ4v) is 1.54. The molecule has 0 nitrogen and oxygen atoms in total. The van der Waals surface area contributed by atoms with Gasteiger partial charge in [-0.2, -0.15) is 0 Å². The summed E-state index contributed by atoms with van der Waals surface area (Å²) in [5.74, 6) is 0.446. The molecule has 68 valence electrons. The second-order valence-electron chi connectivity index (χ2n) is 2.68. The quantitative estimate of drug-likeness (QED) is 0.466. The zero-order chi connectivity index (χ0) is 8.69. The molecule has 0 rings (SSSR count). The Labute approximate surface area is 84.2 Å². The van der Waals surface area contributed by atoms with E-state index in [-0.39, 0.29) is 10.8 Å². The lowest BCUT2D eigenvalue weighted by atomic mass is 10.1. The molecule has 3 heteroatoms. The first-order valence-electron chi connectivity index (χ1n) is 4.06. The molecule has 0 heterocycles. The first kappa shape index (κ1) is 11.9. The number of hydrogen-bond donors (Lipinski definition) is 0. The number of halogens is 3. The normalized spacial score (nSPS) is 16.4. The Morgan fingerprint density at radius 3 is 2.18 bits per heavy atom. The molecule has 0 amide bonds. The lowest BCUT2D eigenvalue weighted by Crippen LogP contribution is -2.16. The SMILES string of the molecule is CCCCCC(Cl)C(Cl)CCl. The maximum Gasteiger partial charge on any atom is 0.0634 e. The summed E-state index contributed by atoms with van der Waals surface area (Å²) in [5.41, 5.74) is 0. The second-order valence-corrected chi connectivity index (χ2v) is 4.11. The van der Waals surface area contributed by atoms with E-state index in [0.717, 1.165) is 12.8 Å². The molecule has 11 heavy (non-hydrogen) atoms. The summed E-state index contributed by atoms with van der Waals surface area (Å²) in [4.78, 5) is 0. The number of hydrogen-bond acceptors (Lipinski definition) is 0. The smallest absolute Gasteiger partial charge is 0.0634 e. The molecule has 0 spiro atoms. The second kappa shape index (κ2) is 7.52. The summed E-state index contributed by atoms with van der Waals surface area (Å²) in [5, 5.41) is -0.0316. The molecule has 2 unspecified atom stereocenters. The van der Waals surface area contributed by atoms with Crippen LogP contribution in [0.4, 0.5) is 0 Å². The van der Waals surface area contributed by atoms with E-state index in [0.29, 0.717) is 5.88 Å². The molecule has 0 N–H and O–H groups in total. The van der Waals surface area contributed by atoms with E-state index < -0.39 is 0 Å². The summed E-state index contributed by atoms with van der Waals surface area (Å²) in [7, 11) is 0. The Bertz CT molecular complexity index is 85.4. The highest BCUT2D eigenvalue weighted by Crippen LogP contribution is 2.18. The van der Waals surface area contributed by atoms with Crippen LogP contribution in [0.1, 0.15) is 32.6 Å². The highest BCUT2D eigenvalue weighted by molar-refractivity contribution is 6.33. The first-order chi connectivity index (χ1) is 5.22. The minimum atomic E-state index is -0.0739. The van der Waals surface area contributed by atoms with Gasteiger partial charge in [0.1, 0.15) is 0 Å². The predicted octanol–water partition coefficient (Wildman–Crippen LogP) is 4.02. The summed E-state index contributed by atoms with van der Waals surface area (Å²) < 4.78 is 0. The minimum Gasteiger partial charge on any atom is -0.125 e. The van der Waals surface area contributed by atoms with E-state index in [1.165, 1.54) is 12.8 Å². The van der Waals surface area contributed by atoms with E-state index in [1.807, 2.05) is 0 Å². The van der Waals surface area contributed by atoms with Crippen LogP contribution in [0.2, 0.25) is 0 Å². The number of unbranched alkanes of at least 4 members (excludes halogenated alkanes) is 2. The van der Waals surface area contributed by atoms with E-state index in [4.69, 9.17) is 34.8 Å². The van der Waals surface area contributed by atoms with E-state index >= 15 is 0 Å². The number of rotatable bonds is 6. The van der Waals surface area contributed by atoms with Crippen molar-refractivity contribution >= 4 is 34.8 Å². The van der Waals surface area contributed by atoms with Crippen molar-refractivity contribution in [3.05, 3.63) is 0 Å². The predicted molar refractivity (Wildman–Crippen MR) is 54.1 cm³/mol. The van der Waals surface area contributed by atoms with Crippen molar-refractivity contribution in [2.24, 2.45) is 0 Å². The van der Waals surface area contributed by atoms with Crippen LogP contribution in [0.3, 0.4) is 0 Å². The van der Waals surface area contributed by atoms with Crippen LogP contribution in [-0.4, -0.2) is 16.6 Å². The van der Waals surface area contributed by atoms with Crippen molar-refractivity contribution in [2.45, 2.75) is 43.4 Å². The molecule has 0 aliphatic heterocycles. The van der Waals surface area contributed by atoms with Gasteiger partial charge in [-0.05, 0) is 6.42 Å². The maximum absolute atomic E-state index is 5.95. The molecule has 0 saturated heterocycles. The monoisotopic (exact) mass is 216 g/mol. The average Bonchev–Trinajstić information content (AvgIpc) is 2.03. The zero-order valence-corrected chi connectivity index (χ0v) is 9.09. The van der Waals surface area contributed by atoms with Crippen LogP contribution in [0, 0.1) is 0 Å². The highest BCUT2D eigenvalue weighted by Gasteiger charge is 2.14. The van der Waals surface area contributed by atoms with Crippen LogP contribution in [0.25, 0.3) is 0 Å². The third-order valence-electron chi connectivity index (χ3n) is 1.62. The summed E-state index contributed by atoms with van der Waals surface area (Å²) in [6.45, 7) is 2.17. The molecular weight excluding hydrogens is 202 g/mol. The van der Waals surface area contributed by atoms with Gasteiger partial charge in [-0.15, -0.1) is 34.8 Å². The average molecular weight is 218 g/mol. The van der Waals surface area contributed by atoms with Gasteiger partial charge in [-0.3, -0.25) is 0 Å². The molecule has 0 aromatic rings. The highest BCUT2D eigenvalue weighted by atomic mass is 35.5. The third kappa shape index (κ3) is 6.07. The van der Waals surface area contributed by atoms with E-state index in [9.17, 15) is 0 Å². The van der Waals surface area contributed by atoms with E-state index in [1.54, 1.807) is 0 Å². The summed E-state index contributed by atoms with van der Waals surface area (Å²) >= 11 is 17.3. The van der Waals surface area contributed by atoms with Crippen LogP contribution in [0.15, 0.2) is 0 Å². The van der Waals surface area contributed by atoms with Gasteiger partial charge in [0.2, 0.25) is 0 Å². The van der Waals surface area contributed by atoms with Crippen LogP contribution in [0.5, 0.6) is 0 Å². The van der Waals surface area contributed by atoms with Crippen LogP contribution in [-0.2, 0) is 0 Å². The molecule has 0 saturated carbocycles. The van der Waals surface area contributed by atoms with Crippen molar-refractivity contribution in [1.82, 2.24) is 0 Å². The van der Waals surface area contributed by atoms with E-state index in [2.05, 4.69) is 6.92 Å². The Balaban J connectivity index is 3.28.